The molecular weight excluding hydrogens is 220 g/mol. The molecular formula is C13H22O4. The van der Waals surface area contributed by atoms with E-state index >= 15 is 0 Å². The summed E-state index contributed by atoms with van der Waals surface area (Å²) < 4.78 is 0. The first-order valence-corrected chi connectivity index (χ1v) is 6.41. The van der Waals surface area contributed by atoms with Gasteiger partial charge in [0, 0.05) is 0 Å². The van der Waals surface area contributed by atoms with Crippen LogP contribution in [0.15, 0.2) is 12.2 Å². The largest absolute Gasteiger partial charge is 0.394 e. The molecule has 0 amide bonds. The molecule has 2 aliphatic rings. The summed E-state index contributed by atoms with van der Waals surface area (Å²) in [6.45, 7) is -0.403. The minimum absolute atomic E-state index is 0.202. The molecule has 2 rings (SSSR count). The number of aliphatic hydroxyl groups is 4. The molecule has 0 heterocycles. The van der Waals surface area contributed by atoms with Gasteiger partial charge in [-0.15, -0.1) is 0 Å². The normalized spacial score (nSPS) is 38.6. The molecule has 4 N–H and O–H groups in total. The van der Waals surface area contributed by atoms with E-state index in [1.165, 1.54) is 0 Å². The Bertz CT molecular complexity index is 253. The van der Waals surface area contributed by atoms with Crippen LogP contribution >= 0.6 is 0 Å². The summed E-state index contributed by atoms with van der Waals surface area (Å²) in [5.41, 5.74) is 0. The third kappa shape index (κ3) is 2.71. The van der Waals surface area contributed by atoms with Gasteiger partial charge in [0.2, 0.25) is 0 Å². The van der Waals surface area contributed by atoms with Crippen LogP contribution in [0.1, 0.15) is 19.3 Å². The summed E-state index contributed by atoms with van der Waals surface area (Å²) in [6.07, 6.45) is 5.33. The predicted molar refractivity (Wildman–Crippen MR) is 63.1 cm³/mol. The summed E-state index contributed by atoms with van der Waals surface area (Å²) in [4.78, 5) is 0. The molecule has 1 fully saturated rings. The second-order valence-electron chi connectivity index (χ2n) is 5.42. The second-order valence-corrected chi connectivity index (χ2v) is 5.42. The second kappa shape index (κ2) is 5.48. The van der Waals surface area contributed by atoms with Crippen molar-refractivity contribution in [2.45, 2.75) is 31.5 Å². The molecule has 1 saturated carbocycles. The lowest BCUT2D eigenvalue weighted by Gasteiger charge is -2.30. The SMILES string of the molecule is OCC(O)CC1C2C=CC(C2)C1CC(O)CO. The van der Waals surface area contributed by atoms with Crippen LogP contribution in [0.5, 0.6) is 0 Å². The molecule has 17 heavy (non-hydrogen) atoms. The molecule has 6 unspecified atom stereocenters. The average Bonchev–Trinajstić information content (AvgIpc) is 2.91. The summed E-state index contributed by atoms with van der Waals surface area (Å²) in [5, 5.41) is 37.0. The van der Waals surface area contributed by atoms with Gasteiger partial charge >= 0.3 is 0 Å². The van der Waals surface area contributed by atoms with Gasteiger partial charge in [0.15, 0.2) is 0 Å². The van der Waals surface area contributed by atoms with Gasteiger partial charge in [-0.2, -0.15) is 0 Å². The zero-order chi connectivity index (χ0) is 12.4. The first kappa shape index (κ1) is 13.0. The van der Waals surface area contributed by atoms with Crippen molar-refractivity contribution < 1.29 is 20.4 Å². The van der Waals surface area contributed by atoms with Gasteiger partial charge in [-0.05, 0) is 42.9 Å². The molecule has 0 aromatic rings. The molecule has 98 valence electrons. The lowest BCUT2D eigenvalue weighted by molar-refractivity contribution is 0.0370. The fourth-order valence-electron chi connectivity index (χ4n) is 3.50. The van der Waals surface area contributed by atoms with Crippen molar-refractivity contribution in [2.24, 2.45) is 23.7 Å². The predicted octanol–water partition coefficient (Wildman–Crippen LogP) is -0.0887. The van der Waals surface area contributed by atoms with Crippen LogP contribution in [0.4, 0.5) is 0 Å². The number of allylic oxidation sites excluding steroid dienone is 2. The number of hydrogen-bond donors (Lipinski definition) is 4. The van der Waals surface area contributed by atoms with Crippen molar-refractivity contribution >= 4 is 0 Å². The van der Waals surface area contributed by atoms with Crippen LogP contribution in [0.2, 0.25) is 0 Å². The maximum Gasteiger partial charge on any atom is 0.0773 e. The summed E-state index contributed by atoms with van der Waals surface area (Å²) in [7, 11) is 0. The maximum absolute atomic E-state index is 9.57. The molecule has 0 aromatic carbocycles. The van der Waals surface area contributed by atoms with E-state index in [4.69, 9.17) is 10.2 Å². The molecule has 4 heteroatoms. The monoisotopic (exact) mass is 242 g/mol. The first-order valence-electron chi connectivity index (χ1n) is 6.41. The van der Waals surface area contributed by atoms with E-state index in [-0.39, 0.29) is 13.2 Å². The molecule has 0 aliphatic heterocycles. The highest BCUT2D eigenvalue weighted by Gasteiger charge is 2.45. The van der Waals surface area contributed by atoms with Gasteiger partial charge in [0.05, 0.1) is 25.4 Å². The topological polar surface area (TPSA) is 80.9 Å². The molecule has 0 saturated heterocycles. The Morgan fingerprint density at radius 2 is 1.29 bits per heavy atom. The number of rotatable bonds is 6. The van der Waals surface area contributed by atoms with Crippen molar-refractivity contribution in [3.63, 3.8) is 0 Å². The third-order valence-electron chi connectivity index (χ3n) is 4.31. The van der Waals surface area contributed by atoms with Crippen LogP contribution in [0.3, 0.4) is 0 Å². The van der Waals surface area contributed by atoms with Crippen LogP contribution in [0.25, 0.3) is 0 Å². The van der Waals surface area contributed by atoms with E-state index in [1.807, 2.05) is 0 Å². The Morgan fingerprint density at radius 1 is 0.882 bits per heavy atom. The van der Waals surface area contributed by atoms with Crippen LogP contribution in [-0.2, 0) is 0 Å². The summed E-state index contributed by atoms with van der Waals surface area (Å²) >= 11 is 0. The zero-order valence-corrected chi connectivity index (χ0v) is 9.94. The minimum atomic E-state index is -0.665. The highest BCUT2D eigenvalue weighted by molar-refractivity contribution is 5.13. The fraction of sp³-hybridized carbons (Fsp3) is 0.846. The van der Waals surface area contributed by atoms with Crippen molar-refractivity contribution in [3.05, 3.63) is 12.2 Å². The van der Waals surface area contributed by atoms with E-state index in [1.54, 1.807) is 0 Å². The molecule has 0 spiro atoms. The molecule has 6 atom stereocenters. The van der Waals surface area contributed by atoms with Crippen molar-refractivity contribution in [1.29, 1.82) is 0 Å². The van der Waals surface area contributed by atoms with Crippen molar-refractivity contribution in [2.75, 3.05) is 13.2 Å². The molecule has 0 aromatic heterocycles. The molecule has 4 nitrogen and oxygen atoms in total. The Balaban J connectivity index is 1.99. The number of hydrogen-bond acceptors (Lipinski definition) is 4. The van der Waals surface area contributed by atoms with Crippen molar-refractivity contribution in [1.82, 2.24) is 0 Å². The number of aliphatic hydroxyl groups excluding tert-OH is 4. The summed E-state index contributed by atoms with van der Waals surface area (Å²) in [5.74, 6) is 1.59. The highest BCUT2D eigenvalue weighted by Crippen LogP contribution is 2.51. The Hall–Kier alpha value is -0.420. The van der Waals surface area contributed by atoms with Gasteiger partial charge < -0.3 is 20.4 Å². The van der Waals surface area contributed by atoms with Crippen LogP contribution in [0, 0.1) is 23.7 Å². The van der Waals surface area contributed by atoms with E-state index < -0.39 is 12.2 Å². The van der Waals surface area contributed by atoms with Crippen LogP contribution < -0.4 is 0 Å². The van der Waals surface area contributed by atoms with E-state index in [2.05, 4.69) is 12.2 Å². The van der Waals surface area contributed by atoms with Gasteiger partial charge in [-0.25, -0.2) is 0 Å². The zero-order valence-electron chi connectivity index (χ0n) is 9.94. The third-order valence-corrected chi connectivity index (χ3v) is 4.31. The van der Waals surface area contributed by atoms with Crippen LogP contribution in [-0.4, -0.2) is 45.8 Å². The lowest BCUT2D eigenvalue weighted by Crippen LogP contribution is -2.29. The minimum Gasteiger partial charge on any atom is -0.394 e. The summed E-state index contributed by atoms with van der Waals surface area (Å²) in [6, 6.07) is 0. The Morgan fingerprint density at radius 3 is 1.65 bits per heavy atom. The smallest absolute Gasteiger partial charge is 0.0773 e. The maximum atomic E-state index is 9.57. The Kier molecular flexibility index (Phi) is 4.20. The van der Waals surface area contributed by atoms with Crippen molar-refractivity contribution in [3.8, 4) is 0 Å². The first-order chi connectivity index (χ1) is 8.15. The molecule has 0 radical (unpaired) electrons. The van der Waals surface area contributed by atoms with E-state index in [9.17, 15) is 10.2 Å². The van der Waals surface area contributed by atoms with Gasteiger partial charge in [0.25, 0.3) is 0 Å². The Labute approximate surface area is 102 Å². The van der Waals surface area contributed by atoms with Gasteiger partial charge in [0.1, 0.15) is 0 Å². The van der Waals surface area contributed by atoms with E-state index in [0.29, 0.717) is 36.5 Å². The quantitative estimate of drug-likeness (QED) is 0.491. The highest BCUT2D eigenvalue weighted by atomic mass is 16.3. The van der Waals surface area contributed by atoms with Gasteiger partial charge in [-0.1, -0.05) is 12.2 Å². The standard InChI is InChI=1S/C13H22O4/c14-6-10(16)4-12-8-1-2-9(3-8)13(12)5-11(17)7-15/h1-2,8-17H,3-7H2. The van der Waals surface area contributed by atoms with E-state index in [0.717, 1.165) is 6.42 Å². The fourth-order valence-corrected chi connectivity index (χ4v) is 3.50. The average molecular weight is 242 g/mol. The molecule has 2 aliphatic carbocycles. The number of fused-ring (bicyclic) bond motifs is 2. The molecule has 2 bridgehead atoms. The van der Waals surface area contributed by atoms with Gasteiger partial charge in [-0.3, -0.25) is 0 Å². The lowest BCUT2D eigenvalue weighted by atomic mass is 9.77.